The molecule has 1 aromatic heterocycles. The highest BCUT2D eigenvalue weighted by molar-refractivity contribution is 7.99. The maximum atomic E-state index is 13.5. The molecule has 0 aliphatic rings. The summed E-state index contributed by atoms with van der Waals surface area (Å²) in [5.74, 6) is -2.08. The van der Waals surface area contributed by atoms with Gasteiger partial charge < -0.3 is 5.32 Å². The number of H-pyrrole nitrogens is 1. The Hall–Kier alpha value is -2.16. The lowest BCUT2D eigenvalue weighted by Crippen LogP contribution is -2.19. The molecule has 0 aliphatic heterocycles. The van der Waals surface area contributed by atoms with Gasteiger partial charge in [0, 0.05) is 12.6 Å². The largest absolute Gasteiger partial charge is 0.343 e. The number of aromatic nitrogens is 3. The number of hydrogen-bond acceptors (Lipinski definition) is 4. The highest BCUT2D eigenvalue weighted by Gasteiger charge is 2.12. The van der Waals surface area contributed by atoms with E-state index >= 15 is 0 Å². The molecule has 0 bridgehead atoms. The third-order valence-electron chi connectivity index (χ3n) is 3.00. The van der Waals surface area contributed by atoms with Crippen molar-refractivity contribution in [3.05, 3.63) is 40.3 Å². The number of hydrogen-bond donors (Lipinski definition) is 2. The Balaban J connectivity index is 1.95. The van der Waals surface area contributed by atoms with E-state index in [4.69, 9.17) is 0 Å². The molecular weight excluding hydrogens is 326 g/mol. The lowest BCUT2D eigenvalue weighted by molar-refractivity contribution is -0.113. The van der Waals surface area contributed by atoms with Gasteiger partial charge in [0.2, 0.25) is 5.91 Å². The van der Waals surface area contributed by atoms with Crippen LogP contribution in [0, 0.1) is 11.6 Å². The molecule has 0 saturated heterocycles. The van der Waals surface area contributed by atoms with Crippen LogP contribution in [0.5, 0.6) is 0 Å². The van der Waals surface area contributed by atoms with Gasteiger partial charge in [-0.25, -0.2) is 18.7 Å². The molecule has 1 amide bonds. The second-order valence-corrected chi connectivity index (χ2v) is 5.72. The third-order valence-corrected chi connectivity index (χ3v) is 3.97. The number of unbranched alkanes of at least 4 members (excludes halogenated alkanes) is 1. The van der Waals surface area contributed by atoms with E-state index in [1.54, 1.807) is 0 Å². The summed E-state index contributed by atoms with van der Waals surface area (Å²) < 4.78 is 27.7. The minimum atomic E-state index is -0.844. The van der Waals surface area contributed by atoms with Crippen molar-refractivity contribution in [2.75, 3.05) is 11.1 Å². The molecule has 6 nitrogen and oxygen atoms in total. The first-order chi connectivity index (χ1) is 11.0. The van der Waals surface area contributed by atoms with Gasteiger partial charge in [-0.1, -0.05) is 25.1 Å². The first-order valence-electron chi connectivity index (χ1n) is 7.04. The lowest BCUT2D eigenvalue weighted by atomic mass is 10.3. The molecule has 0 aliphatic carbocycles. The van der Waals surface area contributed by atoms with E-state index in [9.17, 15) is 18.4 Å². The topological polar surface area (TPSA) is 79.8 Å². The minimum Gasteiger partial charge on any atom is -0.323 e. The van der Waals surface area contributed by atoms with Gasteiger partial charge in [0.25, 0.3) is 0 Å². The lowest BCUT2D eigenvalue weighted by Gasteiger charge is -2.07. The van der Waals surface area contributed by atoms with Crippen molar-refractivity contribution in [1.82, 2.24) is 14.8 Å². The maximum absolute atomic E-state index is 13.5. The molecule has 23 heavy (non-hydrogen) atoms. The number of benzene rings is 1. The second kappa shape index (κ2) is 7.91. The van der Waals surface area contributed by atoms with Crippen molar-refractivity contribution in [2.45, 2.75) is 31.5 Å². The van der Waals surface area contributed by atoms with Gasteiger partial charge in [-0.05, 0) is 18.6 Å². The number of amides is 1. The third kappa shape index (κ3) is 4.65. The van der Waals surface area contributed by atoms with Crippen LogP contribution in [0.15, 0.2) is 28.2 Å². The maximum Gasteiger partial charge on any atom is 0.343 e. The minimum absolute atomic E-state index is 0.0484. The van der Waals surface area contributed by atoms with Gasteiger partial charge in [-0.15, -0.1) is 5.10 Å². The molecule has 0 atom stereocenters. The normalized spacial score (nSPS) is 10.7. The van der Waals surface area contributed by atoms with E-state index in [0.29, 0.717) is 17.8 Å². The molecule has 1 aromatic carbocycles. The van der Waals surface area contributed by atoms with Crippen LogP contribution in [0.4, 0.5) is 14.5 Å². The standard InChI is InChI=1S/C14H16F2N4O2S/c1-2-3-6-20-13(22)18-19-14(20)23-8-12(21)17-11-5-4-9(15)7-10(11)16/h4-5,7H,2-3,6,8H2,1H3,(H,17,21)(H,18,22). The number of rotatable bonds is 7. The Morgan fingerprint density at radius 2 is 2.22 bits per heavy atom. The molecule has 1 heterocycles. The smallest absolute Gasteiger partial charge is 0.323 e. The fourth-order valence-electron chi connectivity index (χ4n) is 1.83. The van der Waals surface area contributed by atoms with Crippen LogP contribution in [0.2, 0.25) is 0 Å². The summed E-state index contributed by atoms with van der Waals surface area (Å²) >= 11 is 1.07. The summed E-state index contributed by atoms with van der Waals surface area (Å²) in [5.41, 5.74) is -0.423. The number of nitrogens with one attached hydrogen (secondary N) is 2. The van der Waals surface area contributed by atoms with Crippen LogP contribution in [-0.4, -0.2) is 26.4 Å². The van der Waals surface area contributed by atoms with Crippen LogP contribution in [0.3, 0.4) is 0 Å². The zero-order chi connectivity index (χ0) is 16.8. The van der Waals surface area contributed by atoms with Gasteiger partial charge in [0.15, 0.2) is 5.16 Å². The van der Waals surface area contributed by atoms with Crippen LogP contribution < -0.4 is 11.0 Å². The average molecular weight is 342 g/mol. The zero-order valence-electron chi connectivity index (χ0n) is 12.4. The highest BCUT2D eigenvalue weighted by Crippen LogP contribution is 2.17. The van der Waals surface area contributed by atoms with E-state index in [1.165, 1.54) is 4.57 Å². The van der Waals surface area contributed by atoms with E-state index in [0.717, 1.165) is 36.7 Å². The molecule has 0 saturated carbocycles. The Labute approximate surface area is 135 Å². The van der Waals surface area contributed by atoms with Crippen molar-refractivity contribution >= 4 is 23.4 Å². The highest BCUT2D eigenvalue weighted by atomic mass is 32.2. The molecular formula is C14H16F2N4O2S. The number of thioether (sulfide) groups is 1. The summed E-state index contributed by atoms with van der Waals surface area (Å²) in [4.78, 5) is 23.4. The van der Waals surface area contributed by atoms with Crippen molar-refractivity contribution in [3.8, 4) is 0 Å². The summed E-state index contributed by atoms with van der Waals surface area (Å²) in [6.45, 7) is 2.52. The summed E-state index contributed by atoms with van der Waals surface area (Å²) in [7, 11) is 0. The fourth-order valence-corrected chi connectivity index (χ4v) is 2.61. The number of carbonyl (C=O) groups is 1. The van der Waals surface area contributed by atoms with E-state index in [1.807, 2.05) is 6.92 Å². The van der Waals surface area contributed by atoms with Gasteiger partial charge >= 0.3 is 5.69 Å². The molecule has 9 heteroatoms. The van der Waals surface area contributed by atoms with Gasteiger partial charge in [0.05, 0.1) is 11.4 Å². The number of nitrogens with zero attached hydrogens (tertiary/aromatic N) is 2. The second-order valence-electron chi connectivity index (χ2n) is 4.78. The molecule has 0 unspecified atom stereocenters. The number of halogens is 2. The van der Waals surface area contributed by atoms with Gasteiger partial charge in [-0.3, -0.25) is 9.36 Å². The van der Waals surface area contributed by atoms with Crippen molar-refractivity contribution in [1.29, 1.82) is 0 Å². The van der Waals surface area contributed by atoms with E-state index in [2.05, 4.69) is 15.5 Å². The molecule has 0 radical (unpaired) electrons. The first kappa shape index (κ1) is 17.2. The van der Waals surface area contributed by atoms with Crippen molar-refractivity contribution in [2.24, 2.45) is 0 Å². The van der Waals surface area contributed by atoms with Crippen LogP contribution in [-0.2, 0) is 11.3 Å². The monoisotopic (exact) mass is 342 g/mol. The Morgan fingerprint density at radius 3 is 2.91 bits per heavy atom. The van der Waals surface area contributed by atoms with E-state index in [-0.39, 0.29) is 17.1 Å². The summed E-state index contributed by atoms with van der Waals surface area (Å²) in [6, 6.07) is 2.90. The zero-order valence-corrected chi connectivity index (χ0v) is 13.3. The average Bonchev–Trinajstić information content (AvgIpc) is 2.86. The van der Waals surface area contributed by atoms with Crippen LogP contribution in [0.1, 0.15) is 19.8 Å². The Morgan fingerprint density at radius 1 is 1.43 bits per heavy atom. The summed E-state index contributed by atoms with van der Waals surface area (Å²) in [6.07, 6.45) is 1.74. The van der Waals surface area contributed by atoms with Crippen LogP contribution >= 0.6 is 11.8 Å². The molecule has 2 aromatic rings. The Kier molecular flexibility index (Phi) is 5.91. The van der Waals surface area contributed by atoms with Crippen LogP contribution in [0.25, 0.3) is 0 Å². The predicted molar refractivity (Wildman–Crippen MR) is 83.5 cm³/mol. The quantitative estimate of drug-likeness (QED) is 0.757. The molecule has 0 spiro atoms. The predicted octanol–water partition coefficient (Wildman–Crippen LogP) is 2.38. The van der Waals surface area contributed by atoms with Gasteiger partial charge in [0.1, 0.15) is 11.6 Å². The number of carbonyl (C=O) groups excluding carboxylic acids is 1. The molecule has 0 fully saturated rings. The Bertz CT molecular complexity index is 745. The fraction of sp³-hybridized carbons (Fsp3) is 0.357. The van der Waals surface area contributed by atoms with Crippen molar-refractivity contribution < 1.29 is 13.6 Å². The summed E-state index contributed by atoms with van der Waals surface area (Å²) in [5, 5.41) is 8.95. The van der Waals surface area contributed by atoms with Gasteiger partial charge in [-0.2, -0.15) is 0 Å². The SMILES string of the molecule is CCCCn1c(SCC(=O)Nc2ccc(F)cc2F)n[nH]c1=O. The first-order valence-corrected chi connectivity index (χ1v) is 8.02. The molecule has 2 rings (SSSR count). The van der Waals surface area contributed by atoms with Crippen molar-refractivity contribution in [3.63, 3.8) is 0 Å². The number of anilines is 1. The molecule has 124 valence electrons. The van der Waals surface area contributed by atoms with E-state index < -0.39 is 17.5 Å². The molecule has 2 N–H and O–H groups in total. The number of aromatic amines is 1.